The molecule has 3 aromatic carbocycles. The van der Waals surface area contributed by atoms with Gasteiger partial charge in [0.1, 0.15) is 17.7 Å². The van der Waals surface area contributed by atoms with Gasteiger partial charge in [-0.15, -0.1) is 6.42 Å². The van der Waals surface area contributed by atoms with Crippen molar-refractivity contribution in [1.29, 1.82) is 0 Å². The topological polar surface area (TPSA) is 87.7 Å². The molecule has 0 saturated carbocycles. The number of ether oxygens (including phenoxy) is 1. The number of thiol groups is 1. The van der Waals surface area contributed by atoms with Crippen molar-refractivity contribution < 1.29 is 19.1 Å². The summed E-state index contributed by atoms with van der Waals surface area (Å²) in [5.41, 5.74) is 1.07. The summed E-state index contributed by atoms with van der Waals surface area (Å²) >= 11 is 4.31. The van der Waals surface area contributed by atoms with E-state index in [2.05, 4.69) is 29.2 Å². The Morgan fingerprint density at radius 3 is 2.21 bits per heavy atom. The molecular weight excluding hydrogens is 510 g/mol. The Kier molecular flexibility index (Phi) is 9.66. The number of amides is 3. The molecule has 8 heteroatoms. The summed E-state index contributed by atoms with van der Waals surface area (Å²) in [5.74, 6) is 1.71. The molecule has 2 unspecified atom stereocenters. The minimum atomic E-state index is -1.02. The van der Waals surface area contributed by atoms with Crippen LogP contribution in [0.5, 0.6) is 0 Å². The molecular formula is C31H35N3O4S. The number of nitrogens with one attached hydrogen (secondary N) is 2. The van der Waals surface area contributed by atoms with E-state index in [1.807, 2.05) is 56.3 Å². The second kappa shape index (κ2) is 12.7. The molecule has 3 rings (SSSR count). The van der Waals surface area contributed by atoms with Gasteiger partial charge in [0.2, 0.25) is 5.91 Å². The zero-order valence-corrected chi connectivity index (χ0v) is 23.8. The molecule has 0 aliphatic rings. The number of hydrogen-bond acceptors (Lipinski definition) is 5. The average Bonchev–Trinajstić information content (AvgIpc) is 2.88. The third-order valence-electron chi connectivity index (χ3n) is 5.92. The number of fused-ring (bicyclic) bond motifs is 1. The van der Waals surface area contributed by atoms with Crippen molar-refractivity contribution in [2.24, 2.45) is 0 Å². The first-order chi connectivity index (χ1) is 18.4. The Labute approximate surface area is 235 Å². The largest absolute Gasteiger partial charge is 0.444 e. The summed E-state index contributed by atoms with van der Waals surface area (Å²) < 4.78 is 5.34. The van der Waals surface area contributed by atoms with Crippen LogP contribution < -0.4 is 10.6 Å². The van der Waals surface area contributed by atoms with Gasteiger partial charge < -0.3 is 20.3 Å². The maximum Gasteiger partial charge on any atom is 0.408 e. The maximum atomic E-state index is 13.9. The molecule has 0 saturated heterocycles. The van der Waals surface area contributed by atoms with Gasteiger partial charge >= 0.3 is 6.09 Å². The molecule has 0 aliphatic carbocycles. The van der Waals surface area contributed by atoms with Crippen molar-refractivity contribution in [1.82, 2.24) is 10.2 Å². The highest BCUT2D eigenvalue weighted by molar-refractivity contribution is 7.80. The van der Waals surface area contributed by atoms with Gasteiger partial charge in [-0.05, 0) is 75.2 Å². The SMILES string of the molecule is C#Cc1ccc(C(C(=O)Nc2ccc3ccccc3c2)N(C(=O)C(CS)NC(=O)OC(C)(C)C)C(C)C)cc1. The van der Waals surface area contributed by atoms with Crippen molar-refractivity contribution >= 4 is 47.0 Å². The lowest BCUT2D eigenvalue weighted by molar-refractivity contribution is -0.142. The second-order valence-electron chi connectivity index (χ2n) is 10.4. The van der Waals surface area contributed by atoms with E-state index in [1.165, 1.54) is 4.90 Å². The first-order valence-corrected chi connectivity index (χ1v) is 13.4. The number of alkyl carbamates (subject to hydrolysis) is 1. The molecule has 0 bridgehead atoms. The van der Waals surface area contributed by atoms with Crippen molar-refractivity contribution in [3.8, 4) is 12.3 Å². The number of terminal acetylenes is 1. The van der Waals surface area contributed by atoms with Gasteiger partial charge in [-0.25, -0.2) is 4.79 Å². The molecule has 7 nitrogen and oxygen atoms in total. The summed E-state index contributed by atoms with van der Waals surface area (Å²) in [5, 5.41) is 7.59. The van der Waals surface area contributed by atoms with Crippen molar-refractivity contribution in [3.63, 3.8) is 0 Å². The van der Waals surface area contributed by atoms with Crippen LogP contribution in [0.3, 0.4) is 0 Å². The molecule has 0 fully saturated rings. The fourth-order valence-corrected chi connectivity index (χ4v) is 4.42. The van der Waals surface area contributed by atoms with Crippen LogP contribution in [0.15, 0.2) is 66.7 Å². The van der Waals surface area contributed by atoms with Crippen LogP contribution in [0.25, 0.3) is 10.8 Å². The van der Waals surface area contributed by atoms with E-state index in [-0.39, 0.29) is 5.75 Å². The first kappa shape index (κ1) is 29.6. The Bertz CT molecular complexity index is 1370. The van der Waals surface area contributed by atoms with Crippen LogP contribution >= 0.6 is 12.6 Å². The molecule has 2 atom stereocenters. The Balaban J connectivity index is 1.99. The molecule has 0 heterocycles. The lowest BCUT2D eigenvalue weighted by atomic mass is 9.99. The second-order valence-corrected chi connectivity index (χ2v) is 10.8. The van der Waals surface area contributed by atoms with Gasteiger partial charge in [0.25, 0.3) is 5.91 Å². The van der Waals surface area contributed by atoms with E-state index in [4.69, 9.17) is 11.2 Å². The smallest absolute Gasteiger partial charge is 0.408 e. The van der Waals surface area contributed by atoms with Crippen LogP contribution in [0.2, 0.25) is 0 Å². The van der Waals surface area contributed by atoms with Crippen molar-refractivity contribution in [3.05, 3.63) is 77.9 Å². The molecule has 2 N–H and O–H groups in total. The molecule has 3 amide bonds. The van der Waals surface area contributed by atoms with E-state index >= 15 is 0 Å². The standard InChI is InChI=1S/C31H35N3O4S/c1-7-21-12-14-23(15-13-21)27(28(35)32-25-17-16-22-10-8-9-11-24(22)18-25)34(20(2)3)29(36)26(19-39)33-30(37)38-31(4,5)6/h1,8-18,20,26-27,39H,19H2,2-6H3,(H,32,35)(H,33,37). The van der Waals surface area contributed by atoms with Crippen LogP contribution in [-0.4, -0.2) is 46.2 Å². The third-order valence-corrected chi connectivity index (χ3v) is 6.28. The van der Waals surface area contributed by atoms with E-state index in [1.54, 1.807) is 45.0 Å². The minimum Gasteiger partial charge on any atom is -0.444 e. The number of rotatable bonds is 8. The number of carbonyl (C=O) groups excluding carboxylic acids is 3. The summed E-state index contributed by atoms with van der Waals surface area (Å²) in [6.07, 6.45) is 4.79. The fraction of sp³-hybridized carbons (Fsp3) is 0.323. The van der Waals surface area contributed by atoms with Gasteiger partial charge in [-0.1, -0.05) is 48.4 Å². The summed E-state index contributed by atoms with van der Waals surface area (Å²) in [4.78, 5) is 41.7. The van der Waals surface area contributed by atoms with Crippen molar-refractivity contribution in [2.45, 2.75) is 58.3 Å². The van der Waals surface area contributed by atoms with Gasteiger partial charge in [0.05, 0.1) is 0 Å². The zero-order chi connectivity index (χ0) is 28.7. The highest BCUT2D eigenvalue weighted by Gasteiger charge is 2.37. The Hall–Kier alpha value is -3.96. The number of carbonyl (C=O) groups is 3. The van der Waals surface area contributed by atoms with Crippen LogP contribution in [0.1, 0.15) is 51.8 Å². The van der Waals surface area contributed by atoms with E-state index in [0.717, 1.165) is 10.8 Å². The normalized spacial score (nSPS) is 12.8. The molecule has 204 valence electrons. The quantitative estimate of drug-likeness (QED) is 0.255. The van der Waals surface area contributed by atoms with E-state index in [0.29, 0.717) is 16.8 Å². The van der Waals surface area contributed by atoms with Gasteiger partial charge in [-0.3, -0.25) is 9.59 Å². The highest BCUT2D eigenvalue weighted by Crippen LogP contribution is 2.28. The zero-order valence-electron chi connectivity index (χ0n) is 22.9. The highest BCUT2D eigenvalue weighted by atomic mass is 32.1. The summed E-state index contributed by atoms with van der Waals surface area (Å²) in [7, 11) is 0. The summed E-state index contributed by atoms with van der Waals surface area (Å²) in [6.45, 7) is 8.83. The number of hydrogen-bond donors (Lipinski definition) is 3. The number of benzene rings is 3. The third kappa shape index (κ3) is 7.78. The average molecular weight is 546 g/mol. The lowest BCUT2D eigenvalue weighted by Crippen LogP contribution is -2.55. The van der Waals surface area contributed by atoms with Gasteiger partial charge in [0, 0.05) is 23.0 Å². The molecule has 0 radical (unpaired) electrons. The molecule has 0 aliphatic heterocycles. The minimum absolute atomic E-state index is 0.0103. The molecule has 3 aromatic rings. The van der Waals surface area contributed by atoms with Crippen LogP contribution in [0, 0.1) is 12.3 Å². The Morgan fingerprint density at radius 1 is 1.00 bits per heavy atom. The van der Waals surface area contributed by atoms with Crippen molar-refractivity contribution in [2.75, 3.05) is 11.1 Å². The summed E-state index contributed by atoms with van der Waals surface area (Å²) in [6, 6.07) is 17.9. The monoisotopic (exact) mass is 545 g/mol. The van der Waals surface area contributed by atoms with Gasteiger partial charge in [0.15, 0.2) is 0 Å². The van der Waals surface area contributed by atoms with Crippen LogP contribution in [-0.2, 0) is 14.3 Å². The Morgan fingerprint density at radius 2 is 1.64 bits per heavy atom. The van der Waals surface area contributed by atoms with Gasteiger partial charge in [-0.2, -0.15) is 12.6 Å². The van der Waals surface area contributed by atoms with E-state index < -0.39 is 41.6 Å². The predicted molar refractivity (Wildman–Crippen MR) is 159 cm³/mol. The number of anilines is 1. The van der Waals surface area contributed by atoms with E-state index in [9.17, 15) is 14.4 Å². The fourth-order valence-electron chi connectivity index (χ4n) is 4.17. The molecule has 39 heavy (non-hydrogen) atoms. The lowest BCUT2D eigenvalue weighted by Gasteiger charge is -2.37. The predicted octanol–water partition coefficient (Wildman–Crippen LogP) is 5.56. The van der Waals surface area contributed by atoms with Crippen LogP contribution in [0.4, 0.5) is 10.5 Å². The maximum absolute atomic E-state index is 13.9. The molecule has 0 aromatic heterocycles. The molecule has 0 spiro atoms. The number of nitrogens with zero attached hydrogens (tertiary/aromatic N) is 1. The first-order valence-electron chi connectivity index (χ1n) is 12.7.